The lowest BCUT2D eigenvalue weighted by molar-refractivity contribution is 0.328. The molecule has 0 radical (unpaired) electrons. The third kappa shape index (κ3) is 3.74. The smallest absolute Gasteiger partial charge is 0.190 e. The molecule has 0 atom stereocenters. The first-order valence-electron chi connectivity index (χ1n) is 4.82. The van der Waals surface area contributed by atoms with Gasteiger partial charge in [-0.25, -0.2) is 0 Å². The van der Waals surface area contributed by atoms with E-state index in [2.05, 4.69) is 50.3 Å². The van der Waals surface area contributed by atoms with Crippen LogP contribution in [0.4, 0.5) is 0 Å². The minimum atomic E-state index is -1.44. The van der Waals surface area contributed by atoms with Gasteiger partial charge in [0.05, 0.1) is 0 Å². The average molecular weight is 194 g/mol. The van der Waals surface area contributed by atoms with Crippen LogP contribution in [0.25, 0.3) is 0 Å². The van der Waals surface area contributed by atoms with Crippen LogP contribution in [0.5, 0.6) is 0 Å². The van der Waals surface area contributed by atoms with Gasteiger partial charge in [0.15, 0.2) is 8.32 Å². The van der Waals surface area contributed by atoms with Crippen molar-refractivity contribution in [1.29, 1.82) is 0 Å². The van der Waals surface area contributed by atoms with Gasteiger partial charge in [0.2, 0.25) is 0 Å². The fourth-order valence-electron chi connectivity index (χ4n) is 1.53. The predicted octanol–water partition coefficient (Wildman–Crippen LogP) is 3.01. The number of hydrogen-bond acceptors (Lipinski definition) is 1. The topological polar surface area (TPSA) is 9.23 Å². The molecule has 13 heavy (non-hydrogen) atoms. The second kappa shape index (κ2) is 4.58. The Labute approximate surface area is 81.9 Å². The van der Waals surface area contributed by atoms with E-state index in [9.17, 15) is 0 Å². The van der Waals surface area contributed by atoms with Crippen molar-refractivity contribution in [1.82, 2.24) is 0 Å². The Kier molecular flexibility index (Phi) is 3.69. The summed E-state index contributed by atoms with van der Waals surface area (Å²) in [5, 5.41) is 0. The van der Waals surface area contributed by atoms with Crippen molar-refractivity contribution in [3.8, 4) is 0 Å². The molecule has 1 aromatic carbocycles. The number of rotatable bonds is 4. The van der Waals surface area contributed by atoms with Gasteiger partial charge in [-0.15, -0.1) is 0 Å². The molecule has 0 fully saturated rings. The van der Waals surface area contributed by atoms with E-state index < -0.39 is 8.32 Å². The van der Waals surface area contributed by atoms with Gasteiger partial charge in [-0.05, 0) is 31.6 Å². The molecule has 0 N–H and O–H groups in total. The maximum absolute atomic E-state index is 5.77. The second-order valence-electron chi connectivity index (χ2n) is 3.86. The van der Waals surface area contributed by atoms with Crippen molar-refractivity contribution >= 4 is 8.32 Å². The van der Waals surface area contributed by atoms with Crippen LogP contribution < -0.4 is 0 Å². The molecule has 0 heterocycles. The molecule has 0 aromatic heterocycles. The van der Waals surface area contributed by atoms with Gasteiger partial charge in [0, 0.05) is 6.61 Å². The van der Waals surface area contributed by atoms with Crippen LogP contribution >= 0.6 is 0 Å². The van der Waals surface area contributed by atoms with Crippen molar-refractivity contribution in [3.05, 3.63) is 35.9 Å². The molecule has 0 amide bonds. The highest BCUT2D eigenvalue weighted by atomic mass is 28.4. The quantitative estimate of drug-likeness (QED) is 0.670. The highest BCUT2D eigenvalue weighted by Gasteiger charge is 2.21. The monoisotopic (exact) mass is 194 g/mol. The molecule has 0 spiro atoms. The van der Waals surface area contributed by atoms with Crippen molar-refractivity contribution in [2.75, 3.05) is 6.61 Å². The Hall–Kier alpha value is -0.603. The van der Waals surface area contributed by atoms with Crippen LogP contribution in [-0.4, -0.2) is 14.9 Å². The first-order chi connectivity index (χ1) is 6.14. The number of benzene rings is 1. The van der Waals surface area contributed by atoms with Gasteiger partial charge in [-0.2, -0.15) is 0 Å². The van der Waals surface area contributed by atoms with Crippen LogP contribution in [0.2, 0.25) is 13.1 Å². The summed E-state index contributed by atoms with van der Waals surface area (Å²) in [5.41, 5.74) is 1.40. The zero-order valence-corrected chi connectivity index (χ0v) is 9.71. The zero-order valence-electron chi connectivity index (χ0n) is 8.71. The standard InChI is InChI=1S/C11H18OSi/c1-4-12-13(2,3)10-11-8-6-5-7-9-11/h5-9H,4,10H2,1-3H3. The molecule has 0 saturated carbocycles. The summed E-state index contributed by atoms with van der Waals surface area (Å²) in [7, 11) is -1.44. The molecule has 0 aliphatic heterocycles. The fourth-order valence-corrected chi connectivity index (χ4v) is 3.63. The highest BCUT2D eigenvalue weighted by molar-refractivity contribution is 6.70. The van der Waals surface area contributed by atoms with E-state index in [-0.39, 0.29) is 0 Å². The van der Waals surface area contributed by atoms with Gasteiger partial charge >= 0.3 is 0 Å². The molecule has 72 valence electrons. The van der Waals surface area contributed by atoms with Gasteiger partial charge < -0.3 is 4.43 Å². The summed E-state index contributed by atoms with van der Waals surface area (Å²) in [6.07, 6.45) is 0. The average Bonchev–Trinajstić information content (AvgIpc) is 2.04. The van der Waals surface area contributed by atoms with E-state index in [1.54, 1.807) is 0 Å². The second-order valence-corrected chi connectivity index (χ2v) is 8.02. The van der Waals surface area contributed by atoms with Crippen molar-refractivity contribution in [2.24, 2.45) is 0 Å². The first kappa shape index (κ1) is 10.5. The molecule has 0 aliphatic carbocycles. The minimum absolute atomic E-state index is 0.839. The zero-order chi connectivity index (χ0) is 9.73. The third-order valence-electron chi connectivity index (χ3n) is 2.01. The molecule has 0 unspecified atom stereocenters. The largest absolute Gasteiger partial charge is 0.417 e. The van der Waals surface area contributed by atoms with Crippen LogP contribution in [0.15, 0.2) is 30.3 Å². The van der Waals surface area contributed by atoms with E-state index in [1.807, 2.05) is 0 Å². The Balaban J connectivity index is 2.58. The molecule has 1 nitrogen and oxygen atoms in total. The van der Waals surface area contributed by atoms with Crippen molar-refractivity contribution in [2.45, 2.75) is 26.1 Å². The minimum Gasteiger partial charge on any atom is -0.417 e. The Morgan fingerprint density at radius 3 is 2.31 bits per heavy atom. The Morgan fingerprint density at radius 2 is 1.77 bits per heavy atom. The molecular formula is C11H18OSi. The summed E-state index contributed by atoms with van der Waals surface area (Å²) in [5.74, 6) is 0. The summed E-state index contributed by atoms with van der Waals surface area (Å²) in [6, 6.07) is 11.7. The number of hydrogen-bond donors (Lipinski definition) is 0. The van der Waals surface area contributed by atoms with Gasteiger partial charge in [-0.3, -0.25) is 0 Å². The van der Waals surface area contributed by atoms with E-state index >= 15 is 0 Å². The Morgan fingerprint density at radius 1 is 1.15 bits per heavy atom. The normalized spacial score (nSPS) is 11.6. The Bertz CT molecular complexity index is 244. The van der Waals surface area contributed by atoms with Crippen molar-refractivity contribution < 1.29 is 4.43 Å². The lowest BCUT2D eigenvalue weighted by Gasteiger charge is -2.21. The van der Waals surface area contributed by atoms with E-state index in [1.165, 1.54) is 5.56 Å². The van der Waals surface area contributed by atoms with Crippen LogP contribution in [0.1, 0.15) is 12.5 Å². The van der Waals surface area contributed by atoms with Crippen molar-refractivity contribution in [3.63, 3.8) is 0 Å². The molecule has 0 bridgehead atoms. The third-order valence-corrected chi connectivity index (χ3v) is 4.34. The summed E-state index contributed by atoms with van der Waals surface area (Å²) >= 11 is 0. The molecule has 1 rings (SSSR count). The van der Waals surface area contributed by atoms with Gasteiger partial charge in [-0.1, -0.05) is 30.3 Å². The fraction of sp³-hybridized carbons (Fsp3) is 0.455. The van der Waals surface area contributed by atoms with E-state index in [4.69, 9.17) is 4.43 Å². The highest BCUT2D eigenvalue weighted by Crippen LogP contribution is 2.12. The summed E-state index contributed by atoms with van der Waals surface area (Å²) < 4.78 is 5.77. The molecular weight excluding hydrogens is 176 g/mol. The van der Waals surface area contributed by atoms with E-state index in [0.29, 0.717) is 0 Å². The lowest BCUT2D eigenvalue weighted by atomic mass is 10.2. The lowest BCUT2D eigenvalue weighted by Crippen LogP contribution is -2.33. The molecule has 0 saturated heterocycles. The summed E-state index contributed by atoms with van der Waals surface area (Å²) in [6.45, 7) is 7.44. The van der Waals surface area contributed by atoms with Gasteiger partial charge in [0.25, 0.3) is 0 Å². The van der Waals surface area contributed by atoms with Crippen LogP contribution in [0.3, 0.4) is 0 Å². The van der Waals surface area contributed by atoms with Crippen LogP contribution in [0, 0.1) is 0 Å². The SMILES string of the molecule is CCO[Si](C)(C)Cc1ccccc1. The predicted molar refractivity (Wildman–Crippen MR) is 59.3 cm³/mol. The van der Waals surface area contributed by atoms with Crippen LogP contribution in [-0.2, 0) is 10.5 Å². The molecule has 1 aromatic rings. The maximum Gasteiger partial charge on any atom is 0.190 e. The molecule has 2 heteroatoms. The van der Waals surface area contributed by atoms with Gasteiger partial charge in [0.1, 0.15) is 0 Å². The maximum atomic E-state index is 5.77. The summed E-state index contributed by atoms with van der Waals surface area (Å²) in [4.78, 5) is 0. The molecule has 0 aliphatic rings. The van der Waals surface area contributed by atoms with E-state index in [0.717, 1.165) is 12.7 Å². The first-order valence-corrected chi connectivity index (χ1v) is 7.93.